The van der Waals surface area contributed by atoms with Crippen LogP contribution in [0, 0.1) is 3.57 Å². The molecule has 5 nitrogen and oxygen atoms in total. The molecule has 3 aromatic carbocycles. The zero-order valence-corrected chi connectivity index (χ0v) is 21.3. The quantitative estimate of drug-likeness (QED) is 0.224. The molecule has 0 saturated carbocycles. The lowest BCUT2D eigenvalue weighted by molar-refractivity contribution is -0.123. The monoisotopic (exact) mass is 591 g/mol. The summed E-state index contributed by atoms with van der Waals surface area (Å²) < 4.78 is 12.5. The molecule has 33 heavy (non-hydrogen) atoms. The van der Waals surface area contributed by atoms with Gasteiger partial charge in [-0.3, -0.25) is 14.5 Å². The van der Waals surface area contributed by atoms with E-state index in [0.717, 1.165) is 32.0 Å². The van der Waals surface area contributed by atoms with E-state index in [0.29, 0.717) is 28.0 Å². The van der Waals surface area contributed by atoms with Gasteiger partial charge in [-0.25, -0.2) is 0 Å². The van der Waals surface area contributed by atoms with Gasteiger partial charge in [-0.1, -0.05) is 48.0 Å². The molecule has 3 aromatic rings. The van der Waals surface area contributed by atoms with E-state index in [1.807, 2.05) is 54.6 Å². The number of hydrogen-bond donors (Lipinski definition) is 0. The van der Waals surface area contributed by atoms with Gasteiger partial charge in [-0.05, 0) is 81.9 Å². The zero-order chi connectivity index (χ0) is 23.4. The van der Waals surface area contributed by atoms with Crippen molar-refractivity contribution in [1.82, 2.24) is 4.90 Å². The lowest BCUT2D eigenvalue weighted by atomic mass is 10.1. The van der Waals surface area contributed by atoms with Gasteiger partial charge in [0, 0.05) is 14.2 Å². The highest BCUT2D eigenvalue weighted by Gasteiger charge is 2.35. The van der Waals surface area contributed by atoms with E-state index in [-0.39, 0.29) is 17.7 Å². The minimum absolute atomic E-state index is 0.247. The van der Waals surface area contributed by atoms with Gasteiger partial charge in [0.1, 0.15) is 6.61 Å². The molecule has 1 heterocycles. The van der Waals surface area contributed by atoms with Crippen LogP contribution in [0.15, 0.2) is 71.6 Å². The van der Waals surface area contributed by atoms with Crippen LogP contribution in [0.4, 0.5) is 4.79 Å². The molecule has 0 bridgehead atoms. The molecular formula is C25H19ClINO4S. The molecule has 0 atom stereocenters. The number of hydrogen-bond acceptors (Lipinski definition) is 5. The number of imide groups is 1. The second-order valence-corrected chi connectivity index (χ2v) is 9.83. The first-order valence-corrected chi connectivity index (χ1v) is 12.3. The molecule has 0 spiro atoms. The average molecular weight is 592 g/mol. The third kappa shape index (κ3) is 5.72. The number of halogens is 2. The maximum absolute atomic E-state index is 12.9. The number of carbonyl (C=O) groups excluding carboxylic acids is 2. The molecule has 168 valence electrons. The summed E-state index contributed by atoms with van der Waals surface area (Å²) in [4.78, 5) is 26.9. The second-order valence-electron chi connectivity index (χ2n) is 7.18. The minimum Gasteiger partial charge on any atom is -0.493 e. The number of amides is 2. The van der Waals surface area contributed by atoms with Crippen molar-refractivity contribution in [3.8, 4) is 11.5 Å². The van der Waals surface area contributed by atoms with E-state index < -0.39 is 0 Å². The minimum atomic E-state index is -0.304. The summed E-state index contributed by atoms with van der Waals surface area (Å²) in [7, 11) is 1.55. The van der Waals surface area contributed by atoms with E-state index in [2.05, 4.69) is 22.6 Å². The molecule has 0 radical (unpaired) electrons. The summed E-state index contributed by atoms with van der Waals surface area (Å²) in [5, 5.41) is 0.352. The molecule has 1 aliphatic heterocycles. The van der Waals surface area contributed by atoms with Gasteiger partial charge in [0.05, 0.1) is 18.6 Å². The van der Waals surface area contributed by atoms with E-state index in [1.165, 1.54) is 4.90 Å². The standard InChI is InChI=1S/C25H19ClINO4S/c1-31-22-12-17(8-11-21(22)32-15-18-4-2-3-5-20(18)26)13-23-24(29)28(25(30)33-23)14-16-6-9-19(27)10-7-16/h2-13H,14-15H2,1H3/b23-13-. The fourth-order valence-electron chi connectivity index (χ4n) is 3.22. The summed E-state index contributed by atoms with van der Waals surface area (Å²) in [6.07, 6.45) is 1.69. The maximum atomic E-state index is 12.9. The van der Waals surface area contributed by atoms with Gasteiger partial charge in [0.15, 0.2) is 11.5 Å². The summed E-state index contributed by atoms with van der Waals surface area (Å²) in [5.41, 5.74) is 2.50. The topological polar surface area (TPSA) is 55.8 Å². The van der Waals surface area contributed by atoms with Gasteiger partial charge in [0.2, 0.25) is 0 Å². The highest BCUT2D eigenvalue weighted by Crippen LogP contribution is 2.35. The SMILES string of the molecule is COc1cc(/C=C2\SC(=O)N(Cc3ccc(I)cc3)C2=O)ccc1OCc1ccccc1Cl. The number of rotatable bonds is 7. The molecule has 0 unspecified atom stereocenters. The largest absolute Gasteiger partial charge is 0.493 e. The predicted octanol–water partition coefficient (Wildman–Crippen LogP) is 6.77. The average Bonchev–Trinajstić information content (AvgIpc) is 3.07. The third-order valence-electron chi connectivity index (χ3n) is 4.95. The van der Waals surface area contributed by atoms with Crippen molar-refractivity contribution in [2.75, 3.05) is 7.11 Å². The third-order valence-corrected chi connectivity index (χ3v) is 6.95. The summed E-state index contributed by atoms with van der Waals surface area (Å²) in [6, 6.07) is 20.6. The highest BCUT2D eigenvalue weighted by molar-refractivity contribution is 14.1. The van der Waals surface area contributed by atoms with Gasteiger partial charge in [0.25, 0.3) is 11.1 Å². The first kappa shape index (κ1) is 23.7. The Balaban J connectivity index is 1.49. The van der Waals surface area contributed by atoms with Crippen molar-refractivity contribution < 1.29 is 19.1 Å². The zero-order valence-electron chi connectivity index (χ0n) is 17.6. The first-order valence-electron chi connectivity index (χ1n) is 9.98. The molecule has 1 fully saturated rings. The molecule has 2 amide bonds. The lowest BCUT2D eigenvalue weighted by Gasteiger charge is -2.13. The Morgan fingerprint density at radius 2 is 1.79 bits per heavy atom. The van der Waals surface area contributed by atoms with Gasteiger partial charge >= 0.3 is 0 Å². The van der Waals surface area contributed by atoms with Gasteiger partial charge in [-0.2, -0.15) is 0 Å². The van der Waals surface area contributed by atoms with E-state index in [4.69, 9.17) is 21.1 Å². The molecule has 1 aliphatic rings. The Bertz CT molecular complexity index is 1230. The molecule has 0 aliphatic carbocycles. The Morgan fingerprint density at radius 1 is 1.03 bits per heavy atom. The highest BCUT2D eigenvalue weighted by atomic mass is 127. The van der Waals surface area contributed by atoms with Crippen molar-refractivity contribution in [1.29, 1.82) is 0 Å². The van der Waals surface area contributed by atoms with Crippen LogP contribution in [0.2, 0.25) is 5.02 Å². The molecule has 0 N–H and O–H groups in total. The van der Waals surface area contributed by atoms with Crippen molar-refractivity contribution in [2.24, 2.45) is 0 Å². The second kappa shape index (κ2) is 10.6. The van der Waals surface area contributed by atoms with E-state index >= 15 is 0 Å². The Morgan fingerprint density at radius 3 is 2.52 bits per heavy atom. The van der Waals surface area contributed by atoms with Crippen molar-refractivity contribution in [3.63, 3.8) is 0 Å². The lowest BCUT2D eigenvalue weighted by Crippen LogP contribution is -2.27. The number of benzene rings is 3. The molecular weight excluding hydrogens is 573 g/mol. The molecule has 0 aromatic heterocycles. The van der Waals surface area contributed by atoms with Gasteiger partial charge in [-0.15, -0.1) is 0 Å². The van der Waals surface area contributed by atoms with Crippen molar-refractivity contribution >= 4 is 63.2 Å². The fraction of sp³-hybridized carbons (Fsp3) is 0.120. The normalized spacial score (nSPS) is 14.8. The van der Waals surface area contributed by atoms with Crippen molar-refractivity contribution in [3.05, 3.63) is 96.9 Å². The number of nitrogens with zero attached hydrogens (tertiary/aromatic N) is 1. The Hall–Kier alpha value is -2.49. The fourth-order valence-corrected chi connectivity index (χ4v) is 4.61. The van der Waals surface area contributed by atoms with Crippen molar-refractivity contribution in [2.45, 2.75) is 13.2 Å². The summed E-state index contributed by atoms with van der Waals surface area (Å²) in [5.74, 6) is 0.775. The van der Waals surface area contributed by atoms with Gasteiger partial charge < -0.3 is 9.47 Å². The number of methoxy groups -OCH3 is 1. The van der Waals surface area contributed by atoms with E-state index in [1.54, 1.807) is 25.3 Å². The molecule has 1 saturated heterocycles. The molecule has 4 rings (SSSR count). The number of carbonyl (C=O) groups is 2. The first-order chi connectivity index (χ1) is 15.9. The van der Waals surface area contributed by atoms with Crippen LogP contribution in [0.1, 0.15) is 16.7 Å². The van der Waals surface area contributed by atoms with Crippen LogP contribution in [0.25, 0.3) is 6.08 Å². The summed E-state index contributed by atoms with van der Waals surface area (Å²) >= 11 is 9.35. The Kier molecular flexibility index (Phi) is 7.62. The van der Waals surface area contributed by atoms with Crippen LogP contribution < -0.4 is 9.47 Å². The summed E-state index contributed by atoms with van der Waals surface area (Å²) in [6.45, 7) is 0.546. The number of thioether (sulfide) groups is 1. The maximum Gasteiger partial charge on any atom is 0.293 e. The number of ether oxygens (including phenoxy) is 2. The van der Waals surface area contributed by atoms with Crippen LogP contribution in [-0.4, -0.2) is 23.2 Å². The van der Waals surface area contributed by atoms with E-state index in [9.17, 15) is 9.59 Å². The van der Waals surface area contributed by atoms with Crippen LogP contribution in [0.5, 0.6) is 11.5 Å². The Labute approximate surface area is 214 Å². The predicted molar refractivity (Wildman–Crippen MR) is 139 cm³/mol. The van der Waals surface area contributed by atoms with Crippen LogP contribution >= 0.6 is 46.0 Å². The molecule has 8 heteroatoms. The van der Waals surface area contributed by atoms with Crippen LogP contribution in [-0.2, 0) is 17.9 Å². The van der Waals surface area contributed by atoms with Crippen LogP contribution in [0.3, 0.4) is 0 Å². The smallest absolute Gasteiger partial charge is 0.293 e.